The lowest BCUT2D eigenvalue weighted by Gasteiger charge is -2.42. The third kappa shape index (κ3) is 4.38. The number of hydrogen-bond acceptors (Lipinski definition) is 6. The van der Waals surface area contributed by atoms with Gasteiger partial charge in [-0.25, -0.2) is 0 Å². The Labute approximate surface area is 195 Å². The highest BCUT2D eigenvalue weighted by molar-refractivity contribution is 7.96. The van der Waals surface area contributed by atoms with Crippen LogP contribution in [-0.2, 0) is 28.6 Å². The van der Waals surface area contributed by atoms with Crippen molar-refractivity contribution in [3.63, 3.8) is 0 Å². The molecule has 0 saturated heterocycles. The van der Waals surface area contributed by atoms with Crippen LogP contribution in [0.5, 0.6) is 0 Å². The fourth-order valence-electron chi connectivity index (χ4n) is 4.29. The minimum atomic E-state index is -6.46. The van der Waals surface area contributed by atoms with Crippen LogP contribution >= 0.6 is 0 Å². The van der Waals surface area contributed by atoms with Gasteiger partial charge in [0.05, 0.1) is 23.7 Å². The largest absolute Gasteiger partial charge is 0.394 e. The normalized spacial score (nSPS) is 32.2. The predicted molar refractivity (Wildman–Crippen MR) is 93.4 cm³/mol. The number of rotatable bonds is 4. The molecular weight excluding hydrogens is 580 g/mol. The Morgan fingerprint density at radius 3 is 0.806 bits per heavy atom. The summed E-state index contributed by atoms with van der Waals surface area (Å²) in [4.78, 5) is -5.23. The van der Waals surface area contributed by atoms with Gasteiger partial charge < -0.3 is 0 Å². The molecule has 36 heavy (non-hydrogen) atoms. The highest BCUT2D eigenvalue weighted by Gasteiger charge is 2.80. The second kappa shape index (κ2) is 8.11. The fourth-order valence-corrected chi connectivity index (χ4v) is 8.99. The molecule has 0 fully saturated rings. The molecule has 2 aliphatic rings. The Hall–Kier alpha value is -1.28. The van der Waals surface area contributed by atoms with E-state index >= 15 is 0 Å². The van der Waals surface area contributed by atoms with E-state index in [2.05, 4.69) is 8.37 Å². The first-order valence-electron chi connectivity index (χ1n) is 9.45. The molecule has 0 aromatic carbocycles. The van der Waals surface area contributed by atoms with E-state index in [0.717, 1.165) is 0 Å². The van der Waals surface area contributed by atoms with E-state index in [9.17, 15) is 69.5 Å². The third-order valence-corrected chi connectivity index (χ3v) is 9.61. The molecule has 2 rings (SSSR count). The molecular formula is C16H16F12O6S2. The summed E-state index contributed by atoms with van der Waals surface area (Å²) in [6.07, 6.45) is -23.6. The van der Waals surface area contributed by atoms with Crippen molar-refractivity contribution < 1.29 is 77.9 Å². The summed E-state index contributed by atoms with van der Waals surface area (Å²) in [5.74, 6) is -14.9. The van der Waals surface area contributed by atoms with Gasteiger partial charge in [0.15, 0.2) is 0 Å². The molecule has 20 heteroatoms. The minimum absolute atomic E-state index is 0.163. The predicted octanol–water partition coefficient (Wildman–Crippen LogP) is 5.19. The fraction of sp³-hybridized carbons (Fsp3) is 0.875. The second-order valence-corrected chi connectivity index (χ2v) is 11.3. The van der Waals surface area contributed by atoms with Gasteiger partial charge in [-0.05, 0) is 0 Å². The zero-order chi connectivity index (χ0) is 28.9. The standard InChI is InChI=1S/C16H16F12O6S2/c1-5(13(17,18)19)11(6(2)14(20,21)22)9-10(36(31,32)33-11)12(34-35(9,29)30,7(3)15(23,24)25)8(4)16(26,27)28/h5-8H,1-4H3. The van der Waals surface area contributed by atoms with Gasteiger partial charge in [-0.3, -0.25) is 8.37 Å². The van der Waals surface area contributed by atoms with E-state index in [1.165, 1.54) is 0 Å². The smallest absolute Gasteiger partial charge is 0.253 e. The number of hydrogen-bond donors (Lipinski definition) is 0. The average molecular weight is 596 g/mol. The van der Waals surface area contributed by atoms with Crippen molar-refractivity contribution in [3.05, 3.63) is 9.81 Å². The molecule has 0 bridgehead atoms. The zero-order valence-electron chi connectivity index (χ0n) is 18.1. The first-order valence-corrected chi connectivity index (χ1v) is 12.3. The molecule has 0 aromatic rings. The van der Waals surface area contributed by atoms with Crippen molar-refractivity contribution in [2.45, 2.75) is 63.6 Å². The van der Waals surface area contributed by atoms with Crippen molar-refractivity contribution in [1.82, 2.24) is 0 Å². The van der Waals surface area contributed by atoms with Gasteiger partial charge in [-0.2, -0.15) is 69.5 Å². The van der Waals surface area contributed by atoms with Crippen LogP contribution in [0.4, 0.5) is 52.7 Å². The lowest BCUT2D eigenvalue weighted by molar-refractivity contribution is -0.256. The van der Waals surface area contributed by atoms with E-state index < -0.39 is 89.6 Å². The van der Waals surface area contributed by atoms with Crippen LogP contribution in [0.15, 0.2) is 9.81 Å². The minimum Gasteiger partial charge on any atom is -0.253 e. The van der Waals surface area contributed by atoms with Gasteiger partial charge in [0.25, 0.3) is 20.2 Å². The maximum absolute atomic E-state index is 13.7. The van der Waals surface area contributed by atoms with Gasteiger partial charge in [-0.1, -0.05) is 27.7 Å². The summed E-state index contributed by atoms with van der Waals surface area (Å²) in [6.45, 7) is -0.652. The molecule has 0 radical (unpaired) electrons. The van der Waals surface area contributed by atoms with Crippen LogP contribution in [0.1, 0.15) is 27.7 Å². The molecule has 212 valence electrons. The van der Waals surface area contributed by atoms with Crippen molar-refractivity contribution in [1.29, 1.82) is 0 Å². The summed E-state index contributed by atoms with van der Waals surface area (Å²) in [5, 5.41) is 0. The monoisotopic (exact) mass is 596 g/mol. The Morgan fingerprint density at radius 2 is 0.667 bits per heavy atom. The molecule has 0 aliphatic carbocycles. The quantitative estimate of drug-likeness (QED) is 0.328. The Bertz CT molecular complexity index is 1010. The van der Waals surface area contributed by atoms with Gasteiger partial charge in [0.1, 0.15) is 21.0 Å². The molecule has 2 heterocycles. The van der Waals surface area contributed by atoms with E-state index in [4.69, 9.17) is 0 Å². The molecule has 4 unspecified atom stereocenters. The van der Waals surface area contributed by atoms with Gasteiger partial charge in [0.2, 0.25) is 0 Å². The summed E-state index contributed by atoms with van der Waals surface area (Å²) >= 11 is 0. The van der Waals surface area contributed by atoms with E-state index in [1.807, 2.05) is 0 Å². The van der Waals surface area contributed by atoms with Crippen LogP contribution in [-0.4, -0.2) is 52.7 Å². The molecule has 0 spiro atoms. The van der Waals surface area contributed by atoms with Crippen LogP contribution in [0.2, 0.25) is 0 Å². The van der Waals surface area contributed by atoms with Crippen molar-refractivity contribution >= 4 is 20.2 Å². The SMILES string of the molecule is CC(C(F)(F)F)C1(C(C)C(F)(F)F)OS(=O)(=O)C2=C1S(=O)(=O)OC2(C(C)C(F)(F)F)C(C)C(F)(F)F. The zero-order valence-corrected chi connectivity index (χ0v) is 19.7. The maximum Gasteiger partial charge on any atom is 0.394 e. The number of halogens is 12. The highest BCUT2D eigenvalue weighted by Crippen LogP contribution is 2.66. The van der Waals surface area contributed by atoms with Gasteiger partial charge >= 0.3 is 24.7 Å². The topological polar surface area (TPSA) is 86.7 Å². The van der Waals surface area contributed by atoms with Gasteiger partial charge in [-0.15, -0.1) is 0 Å². The lowest BCUT2D eigenvalue weighted by atomic mass is 9.72. The molecule has 0 aromatic heterocycles. The third-order valence-electron chi connectivity index (χ3n) is 6.45. The molecule has 4 atom stereocenters. The lowest BCUT2D eigenvalue weighted by Crippen LogP contribution is -2.57. The molecule has 2 aliphatic heterocycles. The molecule has 0 amide bonds. The Balaban J connectivity index is 3.26. The van der Waals surface area contributed by atoms with Crippen LogP contribution in [0.25, 0.3) is 0 Å². The average Bonchev–Trinajstić information content (AvgIpc) is 3.05. The molecule has 6 nitrogen and oxygen atoms in total. The van der Waals surface area contributed by atoms with Crippen molar-refractivity contribution in [2.24, 2.45) is 23.7 Å². The summed E-state index contributed by atoms with van der Waals surface area (Å²) in [5.41, 5.74) is -9.16. The Morgan fingerprint density at radius 1 is 0.500 bits per heavy atom. The molecule has 0 N–H and O–H groups in total. The van der Waals surface area contributed by atoms with E-state index in [0.29, 0.717) is 0 Å². The first kappa shape index (κ1) is 30.9. The van der Waals surface area contributed by atoms with Crippen LogP contribution < -0.4 is 0 Å². The van der Waals surface area contributed by atoms with E-state index in [1.54, 1.807) is 0 Å². The van der Waals surface area contributed by atoms with Crippen LogP contribution in [0.3, 0.4) is 0 Å². The highest BCUT2D eigenvalue weighted by atomic mass is 32.2. The van der Waals surface area contributed by atoms with Crippen molar-refractivity contribution in [3.8, 4) is 0 Å². The van der Waals surface area contributed by atoms with Crippen LogP contribution in [0, 0.1) is 23.7 Å². The van der Waals surface area contributed by atoms with Crippen molar-refractivity contribution in [2.75, 3.05) is 0 Å². The Kier molecular flexibility index (Phi) is 6.97. The maximum atomic E-state index is 13.7. The molecule has 0 saturated carbocycles. The summed E-state index contributed by atoms with van der Waals surface area (Å²) in [7, 11) is -12.9. The summed E-state index contributed by atoms with van der Waals surface area (Å²) in [6, 6.07) is 0. The summed E-state index contributed by atoms with van der Waals surface area (Å²) < 4.78 is 223. The van der Waals surface area contributed by atoms with E-state index in [-0.39, 0.29) is 27.7 Å². The second-order valence-electron chi connectivity index (χ2n) is 8.37. The van der Waals surface area contributed by atoms with Gasteiger partial charge in [0, 0.05) is 0 Å². The number of alkyl halides is 12. The first-order chi connectivity index (χ1) is 15.5.